The Morgan fingerprint density at radius 2 is 1.64 bits per heavy atom. The zero-order valence-corrected chi connectivity index (χ0v) is 28.7. The predicted octanol–water partition coefficient (Wildman–Crippen LogP) is 6.46. The van der Waals surface area contributed by atoms with E-state index < -0.39 is 15.8 Å². The fraction of sp³-hybridized carbons (Fsp3) is 0.316. The van der Waals surface area contributed by atoms with Crippen LogP contribution in [0, 0.1) is 5.82 Å². The van der Waals surface area contributed by atoms with Gasteiger partial charge in [-0.1, -0.05) is 30.3 Å². The SMILES string of the molecule is CCOC(=O)c1ccc(COCCOCCNS(=O)(=O)Cc2cc3oc(-c4ccc(F)cc4)c(C(=O)NC)c3cc2C2CC2)c2ccccc12. The van der Waals surface area contributed by atoms with Crippen molar-refractivity contribution in [2.24, 2.45) is 0 Å². The maximum Gasteiger partial charge on any atom is 0.338 e. The number of fused-ring (bicyclic) bond motifs is 2. The quantitative estimate of drug-likeness (QED) is 0.0885. The van der Waals surface area contributed by atoms with Crippen molar-refractivity contribution in [2.45, 2.75) is 38.0 Å². The van der Waals surface area contributed by atoms with Crippen molar-refractivity contribution in [3.05, 3.63) is 106 Å². The second-order valence-electron chi connectivity index (χ2n) is 12.1. The molecule has 1 heterocycles. The van der Waals surface area contributed by atoms with Crippen LogP contribution in [0.3, 0.4) is 0 Å². The van der Waals surface area contributed by atoms with Gasteiger partial charge >= 0.3 is 5.97 Å². The molecule has 12 heteroatoms. The van der Waals surface area contributed by atoms with Crippen LogP contribution in [0.4, 0.5) is 4.39 Å². The number of furan rings is 1. The molecule has 0 aliphatic heterocycles. The van der Waals surface area contributed by atoms with Gasteiger partial charge in [-0.25, -0.2) is 22.3 Å². The van der Waals surface area contributed by atoms with Crippen molar-refractivity contribution in [2.75, 3.05) is 40.0 Å². The summed E-state index contributed by atoms with van der Waals surface area (Å²) in [4.78, 5) is 25.3. The van der Waals surface area contributed by atoms with E-state index in [1.165, 1.54) is 19.2 Å². The summed E-state index contributed by atoms with van der Waals surface area (Å²) in [6, 6.07) is 20.4. The van der Waals surface area contributed by atoms with Crippen LogP contribution in [-0.2, 0) is 36.6 Å². The number of benzene rings is 4. The van der Waals surface area contributed by atoms with Gasteiger partial charge in [-0.3, -0.25) is 4.79 Å². The highest BCUT2D eigenvalue weighted by Crippen LogP contribution is 2.45. The number of esters is 1. The van der Waals surface area contributed by atoms with Gasteiger partial charge in [-0.05, 0) is 95.6 Å². The average Bonchev–Trinajstić information content (AvgIpc) is 3.89. The Balaban J connectivity index is 1.04. The smallest absolute Gasteiger partial charge is 0.338 e. The molecule has 4 aromatic carbocycles. The summed E-state index contributed by atoms with van der Waals surface area (Å²) in [5.74, 6) is -0.899. The second-order valence-corrected chi connectivity index (χ2v) is 13.9. The molecule has 6 rings (SSSR count). The third-order valence-electron chi connectivity index (χ3n) is 8.58. The number of carbonyl (C=O) groups excluding carboxylic acids is 2. The highest BCUT2D eigenvalue weighted by atomic mass is 32.2. The van der Waals surface area contributed by atoms with Crippen molar-refractivity contribution in [1.29, 1.82) is 0 Å². The highest BCUT2D eigenvalue weighted by molar-refractivity contribution is 7.88. The Labute approximate surface area is 289 Å². The molecule has 0 bridgehead atoms. The van der Waals surface area contributed by atoms with Gasteiger partial charge < -0.3 is 23.9 Å². The van der Waals surface area contributed by atoms with Gasteiger partial charge in [0, 0.05) is 24.5 Å². The molecule has 0 atom stereocenters. The van der Waals surface area contributed by atoms with E-state index in [0.29, 0.717) is 58.8 Å². The monoisotopic (exact) mass is 702 g/mol. The minimum atomic E-state index is -3.74. The van der Waals surface area contributed by atoms with Crippen molar-refractivity contribution < 1.29 is 41.0 Å². The van der Waals surface area contributed by atoms with Crippen molar-refractivity contribution >= 4 is 43.6 Å². The van der Waals surface area contributed by atoms with Gasteiger partial charge in [0.1, 0.15) is 17.2 Å². The van der Waals surface area contributed by atoms with Gasteiger partial charge in [0.15, 0.2) is 0 Å². The maximum atomic E-state index is 13.6. The number of halogens is 1. The predicted molar refractivity (Wildman–Crippen MR) is 188 cm³/mol. The molecule has 262 valence electrons. The van der Waals surface area contributed by atoms with Crippen LogP contribution in [0.15, 0.2) is 77.2 Å². The molecule has 2 N–H and O–H groups in total. The molecule has 50 heavy (non-hydrogen) atoms. The standard InChI is InChI=1S/C38H39FN2O8S/c1-3-48-38(43)31-15-12-26(29-6-4-5-7-30(29)31)22-47-19-18-46-17-16-41-50(44,45)23-27-20-34-33(21-32(27)24-8-9-24)35(37(42)40-2)36(49-34)25-10-13-28(39)14-11-25/h4-7,10-15,20-21,24,41H,3,8-9,16-19,22-23H2,1-2H3,(H,40,42). The summed E-state index contributed by atoms with van der Waals surface area (Å²) < 4.78 is 65.3. The Hall–Kier alpha value is -4.62. The van der Waals surface area contributed by atoms with Crippen LogP contribution >= 0.6 is 0 Å². The third kappa shape index (κ3) is 8.05. The molecular formula is C38H39FN2O8S. The maximum absolute atomic E-state index is 13.6. The summed E-state index contributed by atoms with van der Waals surface area (Å²) >= 11 is 0. The third-order valence-corrected chi connectivity index (χ3v) is 9.92. The lowest BCUT2D eigenvalue weighted by atomic mass is 9.98. The number of sulfonamides is 1. The fourth-order valence-electron chi connectivity index (χ4n) is 6.06. The van der Waals surface area contributed by atoms with Crippen LogP contribution in [0.2, 0.25) is 0 Å². The lowest BCUT2D eigenvalue weighted by Crippen LogP contribution is -2.29. The molecule has 1 saturated carbocycles. The highest BCUT2D eigenvalue weighted by Gasteiger charge is 2.31. The number of rotatable bonds is 16. The molecule has 0 radical (unpaired) electrons. The summed E-state index contributed by atoms with van der Waals surface area (Å²) in [6.07, 6.45) is 1.85. The normalized spacial score (nSPS) is 13.2. The Morgan fingerprint density at radius 3 is 2.36 bits per heavy atom. The molecule has 1 fully saturated rings. The van der Waals surface area contributed by atoms with Crippen LogP contribution in [-0.4, -0.2) is 60.3 Å². The van der Waals surface area contributed by atoms with Crippen LogP contribution in [0.5, 0.6) is 0 Å². The Morgan fingerprint density at radius 1 is 0.900 bits per heavy atom. The van der Waals surface area contributed by atoms with Crippen LogP contribution in [0.25, 0.3) is 33.1 Å². The molecular weight excluding hydrogens is 663 g/mol. The van der Waals surface area contributed by atoms with Gasteiger partial charge in [0.25, 0.3) is 5.91 Å². The number of hydrogen-bond donors (Lipinski definition) is 2. The zero-order chi connectivity index (χ0) is 35.3. The first kappa shape index (κ1) is 35.2. The van der Waals surface area contributed by atoms with E-state index in [2.05, 4.69) is 10.0 Å². The van der Waals surface area contributed by atoms with Gasteiger partial charge in [-0.2, -0.15) is 0 Å². The first-order chi connectivity index (χ1) is 24.2. The van der Waals surface area contributed by atoms with Crippen LogP contribution in [0.1, 0.15) is 63.1 Å². The summed E-state index contributed by atoms with van der Waals surface area (Å²) in [5.41, 5.74) is 4.15. The molecule has 0 spiro atoms. The molecule has 0 saturated heterocycles. The first-order valence-electron chi connectivity index (χ1n) is 16.6. The van der Waals surface area contributed by atoms with E-state index in [-0.39, 0.29) is 43.3 Å². The molecule has 1 amide bonds. The topological polar surface area (TPSA) is 133 Å². The van der Waals surface area contributed by atoms with E-state index in [1.54, 1.807) is 31.2 Å². The minimum absolute atomic E-state index is 0.0829. The minimum Gasteiger partial charge on any atom is -0.462 e. The summed E-state index contributed by atoms with van der Waals surface area (Å²) in [7, 11) is -2.21. The molecule has 10 nitrogen and oxygen atoms in total. The summed E-state index contributed by atoms with van der Waals surface area (Å²) in [5, 5.41) is 4.94. The van der Waals surface area contributed by atoms with E-state index >= 15 is 0 Å². The van der Waals surface area contributed by atoms with Gasteiger partial charge in [0.05, 0.1) is 49.9 Å². The largest absolute Gasteiger partial charge is 0.462 e. The molecule has 5 aromatic rings. The average molecular weight is 703 g/mol. The fourth-order valence-corrected chi connectivity index (χ4v) is 7.21. The lowest BCUT2D eigenvalue weighted by Gasteiger charge is -2.12. The number of hydrogen-bond acceptors (Lipinski definition) is 8. The molecule has 1 aliphatic rings. The van der Waals surface area contributed by atoms with E-state index in [1.807, 2.05) is 36.4 Å². The van der Waals surface area contributed by atoms with Crippen LogP contribution < -0.4 is 10.0 Å². The van der Waals surface area contributed by atoms with E-state index in [0.717, 1.165) is 34.7 Å². The number of carbonyl (C=O) groups is 2. The first-order valence-corrected chi connectivity index (χ1v) is 18.2. The number of ether oxygens (including phenoxy) is 3. The van der Waals surface area contributed by atoms with Gasteiger partial charge in [-0.15, -0.1) is 0 Å². The zero-order valence-electron chi connectivity index (χ0n) is 27.9. The van der Waals surface area contributed by atoms with Crippen molar-refractivity contribution in [1.82, 2.24) is 10.0 Å². The van der Waals surface area contributed by atoms with Crippen molar-refractivity contribution in [3.63, 3.8) is 0 Å². The summed E-state index contributed by atoms with van der Waals surface area (Å²) in [6.45, 7) is 3.19. The number of amides is 1. The van der Waals surface area contributed by atoms with E-state index in [9.17, 15) is 22.4 Å². The van der Waals surface area contributed by atoms with Crippen molar-refractivity contribution in [3.8, 4) is 11.3 Å². The molecule has 1 aliphatic carbocycles. The van der Waals surface area contributed by atoms with Gasteiger partial charge in [0.2, 0.25) is 10.0 Å². The lowest BCUT2D eigenvalue weighted by molar-refractivity contribution is 0.0430. The van der Waals surface area contributed by atoms with E-state index in [4.69, 9.17) is 18.6 Å². The molecule has 0 unspecified atom stereocenters. The Bertz CT molecular complexity index is 2120. The second kappa shape index (κ2) is 15.5. The Kier molecular flexibility index (Phi) is 10.9. The molecule has 1 aromatic heterocycles. The number of nitrogens with one attached hydrogen (secondary N) is 2.